The van der Waals surface area contributed by atoms with Gasteiger partial charge in [-0.1, -0.05) is 0 Å². The van der Waals surface area contributed by atoms with Crippen LogP contribution in [-0.4, -0.2) is 13.3 Å². The summed E-state index contributed by atoms with van der Waals surface area (Å²) in [7, 11) is -4.04. The van der Waals surface area contributed by atoms with E-state index in [1.165, 1.54) is 13.0 Å². The summed E-state index contributed by atoms with van der Waals surface area (Å²) in [4.78, 5) is 9.34. The molecule has 15 heavy (non-hydrogen) atoms. The van der Waals surface area contributed by atoms with Gasteiger partial charge in [0, 0.05) is 12.1 Å². The Morgan fingerprint density at radius 2 is 1.93 bits per heavy atom. The maximum absolute atomic E-state index is 11.1. The Bertz CT molecular complexity index is 523. The second-order valence-corrected chi connectivity index (χ2v) is 4.51. The monoisotopic (exact) mass is 231 g/mol. The molecule has 1 aromatic carbocycles. The Kier molecular flexibility index (Phi) is 2.65. The van der Waals surface area contributed by atoms with E-state index in [4.69, 9.17) is 10.9 Å². The fraction of sp³-hybridized carbons (Fsp3) is 0.143. The first-order valence-corrected chi connectivity index (χ1v) is 5.35. The number of primary sulfonamides is 1. The molecule has 1 rings (SSSR count). The minimum absolute atomic E-state index is 0.0666. The van der Waals surface area contributed by atoms with E-state index in [9.17, 15) is 18.5 Å². The van der Waals surface area contributed by atoms with Crippen molar-refractivity contribution >= 4 is 21.4 Å². The van der Waals surface area contributed by atoms with Gasteiger partial charge in [-0.2, -0.15) is 0 Å². The van der Waals surface area contributed by atoms with E-state index in [1.54, 1.807) is 0 Å². The Morgan fingerprint density at radius 1 is 1.40 bits per heavy atom. The Hall–Kier alpha value is -1.67. The van der Waals surface area contributed by atoms with Crippen LogP contribution in [0, 0.1) is 17.0 Å². The number of nitrogens with zero attached hydrogens (tertiary/aromatic N) is 1. The van der Waals surface area contributed by atoms with Gasteiger partial charge in [0.1, 0.15) is 4.90 Å². The number of hydrogen-bond acceptors (Lipinski definition) is 5. The number of rotatable bonds is 2. The molecule has 0 saturated carbocycles. The van der Waals surface area contributed by atoms with E-state index < -0.39 is 19.8 Å². The molecule has 0 aliphatic rings. The highest BCUT2D eigenvalue weighted by Crippen LogP contribution is 2.26. The van der Waals surface area contributed by atoms with Crippen molar-refractivity contribution in [2.45, 2.75) is 11.8 Å². The maximum Gasteiger partial charge on any atom is 0.271 e. The molecule has 82 valence electrons. The Balaban J connectivity index is 3.59. The number of aryl methyl sites for hydroxylation is 1. The lowest BCUT2D eigenvalue weighted by molar-refractivity contribution is -0.385. The van der Waals surface area contributed by atoms with Crippen LogP contribution in [0.15, 0.2) is 17.0 Å². The van der Waals surface area contributed by atoms with Crippen LogP contribution in [0.25, 0.3) is 0 Å². The quantitative estimate of drug-likeness (QED) is 0.424. The number of nitro benzene ring substituents is 1. The van der Waals surface area contributed by atoms with Crippen molar-refractivity contribution in [3.05, 3.63) is 27.8 Å². The minimum atomic E-state index is -4.04. The van der Waals surface area contributed by atoms with Crippen LogP contribution in [0.4, 0.5) is 11.4 Å². The molecular formula is C7H9N3O4S. The van der Waals surface area contributed by atoms with Crippen molar-refractivity contribution in [2.75, 3.05) is 5.73 Å². The lowest BCUT2D eigenvalue weighted by Gasteiger charge is -2.05. The smallest absolute Gasteiger partial charge is 0.271 e. The zero-order chi connectivity index (χ0) is 11.8. The van der Waals surface area contributed by atoms with Crippen LogP contribution in [0.2, 0.25) is 0 Å². The lowest BCUT2D eigenvalue weighted by Crippen LogP contribution is -2.15. The second-order valence-electron chi connectivity index (χ2n) is 2.98. The Labute approximate surface area is 85.9 Å². The van der Waals surface area contributed by atoms with Gasteiger partial charge in [-0.25, -0.2) is 13.6 Å². The molecule has 7 nitrogen and oxygen atoms in total. The average molecular weight is 231 g/mol. The number of benzene rings is 1. The van der Waals surface area contributed by atoms with E-state index in [1.807, 2.05) is 0 Å². The van der Waals surface area contributed by atoms with Crippen LogP contribution in [-0.2, 0) is 10.0 Å². The van der Waals surface area contributed by atoms with Gasteiger partial charge in [-0.15, -0.1) is 0 Å². The summed E-state index contributed by atoms with van der Waals surface area (Å²) in [6, 6.07) is 2.03. The van der Waals surface area contributed by atoms with Gasteiger partial charge in [0.2, 0.25) is 10.0 Å². The van der Waals surface area contributed by atoms with Gasteiger partial charge in [0.25, 0.3) is 5.69 Å². The van der Waals surface area contributed by atoms with Crippen molar-refractivity contribution in [1.82, 2.24) is 0 Å². The number of hydrogen-bond donors (Lipinski definition) is 2. The van der Waals surface area contributed by atoms with Crippen LogP contribution in [0.5, 0.6) is 0 Å². The molecule has 8 heteroatoms. The number of sulfonamides is 1. The highest BCUT2D eigenvalue weighted by Gasteiger charge is 2.19. The summed E-state index contributed by atoms with van der Waals surface area (Å²) in [5.74, 6) is 0. The lowest BCUT2D eigenvalue weighted by atomic mass is 10.2. The molecule has 0 atom stereocenters. The summed E-state index contributed by atoms with van der Waals surface area (Å²) in [5, 5.41) is 15.3. The molecule has 0 bridgehead atoms. The SMILES string of the molecule is Cc1cc([N+](=O)[O-])cc(S(N)(=O)=O)c1N. The second kappa shape index (κ2) is 3.48. The standard InChI is InChI=1S/C7H9N3O4S/c1-4-2-5(10(11)12)3-6(7(4)8)15(9,13)14/h2-3H,8H2,1H3,(H2,9,13,14). The van der Waals surface area contributed by atoms with Crippen molar-refractivity contribution in [3.8, 4) is 0 Å². The van der Waals surface area contributed by atoms with Crippen molar-refractivity contribution in [2.24, 2.45) is 5.14 Å². The molecule has 1 aromatic rings. The van der Waals surface area contributed by atoms with Gasteiger partial charge >= 0.3 is 0 Å². The van der Waals surface area contributed by atoms with Gasteiger partial charge in [-0.05, 0) is 12.5 Å². The zero-order valence-corrected chi connectivity index (χ0v) is 8.61. The number of nitro groups is 1. The normalized spacial score (nSPS) is 11.3. The summed E-state index contributed by atoms with van der Waals surface area (Å²) in [6.45, 7) is 1.47. The molecule has 0 amide bonds. The molecule has 0 spiro atoms. The molecule has 0 fully saturated rings. The maximum atomic E-state index is 11.1. The fourth-order valence-corrected chi connectivity index (χ4v) is 1.84. The highest BCUT2D eigenvalue weighted by atomic mass is 32.2. The fourth-order valence-electron chi connectivity index (χ4n) is 1.09. The number of nitrogens with two attached hydrogens (primary N) is 2. The third-order valence-corrected chi connectivity index (χ3v) is 2.80. The van der Waals surface area contributed by atoms with Crippen molar-refractivity contribution < 1.29 is 13.3 Å². The first-order chi connectivity index (χ1) is 6.73. The van der Waals surface area contributed by atoms with Gasteiger partial charge in [0.05, 0.1) is 10.6 Å². The average Bonchev–Trinajstić information content (AvgIpc) is 2.06. The third-order valence-electron chi connectivity index (χ3n) is 1.85. The van der Waals surface area contributed by atoms with E-state index in [0.29, 0.717) is 5.56 Å². The van der Waals surface area contributed by atoms with Crippen LogP contribution in [0.3, 0.4) is 0 Å². The van der Waals surface area contributed by atoms with E-state index >= 15 is 0 Å². The summed E-state index contributed by atoms with van der Waals surface area (Å²) in [6.07, 6.45) is 0. The highest BCUT2D eigenvalue weighted by molar-refractivity contribution is 7.89. The third kappa shape index (κ3) is 2.22. The van der Waals surface area contributed by atoms with Gasteiger partial charge < -0.3 is 5.73 Å². The molecule has 0 radical (unpaired) electrons. The van der Waals surface area contributed by atoms with Crippen LogP contribution < -0.4 is 10.9 Å². The summed E-state index contributed by atoms with van der Waals surface area (Å²) < 4.78 is 22.1. The zero-order valence-electron chi connectivity index (χ0n) is 7.80. The molecule has 4 N–H and O–H groups in total. The summed E-state index contributed by atoms with van der Waals surface area (Å²) >= 11 is 0. The number of non-ortho nitro benzene ring substituents is 1. The number of nitrogen functional groups attached to an aromatic ring is 1. The van der Waals surface area contributed by atoms with Crippen molar-refractivity contribution in [3.63, 3.8) is 0 Å². The topological polar surface area (TPSA) is 129 Å². The first-order valence-electron chi connectivity index (χ1n) is 3.81. The largest absolute Gasteiger partial charge is 0.397 e. The Morgan fingerprint density at radius 3 is 2.33 bits per heavy atom. The summed E-state index contributed by atoms with van der Waals surface area (Å²) in [5.41, 5.74) is 5.33. The number of anilines is 1. The van der Waals surface area contributed by atoms with Gasteiger partial charge in [0.15, 0.2) is 0 Å². The van der Waals surface area contributed by atoms with Crippen molar-refractivity contribution in [1.29, 1.82) is 0 Å². The van der Waals surface area contributed by atoms with E-state index in [0.717, 1.165) is 6.07 Å². The molecule has 0 aromatic heterocycles. The molecule has 0 aliphatic heterocycles. The van der Waals surface area contributed by atoms with E-state index in [-0.39, 0.29) is 11.4 Å². The van der Waals surface area contributed by atoms with Crippen LogP contribution in [0.1, 0.15) is 5.56 Å². The molecule has 0 aliphatic carbocycles. The van der Waals surface area contributed by atoms with Gasteiger partial charge in [-0.3, -0.25) is 10.1 Å². The molecule has 0 heterocycles. The predicted molar refractivity (Wildman–Crippen MR) is 53.6 cm³/mol. The molecule has 0 unspecified atom stereocenters. The van der Waals surface area contributed by atoms with E-state index in [2.05, 4.69) is 0 Å². The minimum Gasteiger partial charge on any atom is -0.397 e. The van der Waals surface area contributed by atoms with Crippen LogP contribution >= 0.6 is 0 Å². The molecular weight excluding hydrogens is 222 g/mol. The molecule has 0 saturated heterocycles. The first kappa shape index (κ1) is 11.4. The predicted octanol–water partition coefficient (Wildman–Crippen LogP) is 0.133.